The molecular formula is C16H29NO2. The van der Waals surface area contributed by atoms with Crippen molar-refractivity contribution in [1.29, 1.82) is 0 Å². The maximum atomic E-state index is 6.03. The molecule has 1 saturated carbocycles. The smallest absolute Gasteiger partial charge is 0.0597 e. The fraction of sp³-hybridized carbons (Fsp3) is 0.875. The van der Waals surface area contributed by atoms with Crippen LogP contribution in [0.25, 0.3) is 0 Å². The van der Waals surface area contributed by atoms with E-state index in [1.165, 1.54) is 25.7 Å². The first-order valence-electron chi connectivity index (χ1n) is 7.97. The van der Waals surface area contributed by atoms with Crippen molar-refractivity contribution in [3.05, 3.63) is 12.2 Å². The Morgan fingerprint density at radius 3 is 2.58 bits per heavy atom. The van der Waals surface area contributed by atoms with Gasteiger partial charge in [-0.1, -0.05) is 19.1 Å². The standard InChI is InChI=1S/C16H29NO2/c1-2-3-4-15-5-7-16(8-6-15)19-14-11-17-9-12-18-13-10-17/h3-4,15-16H,2,5-14H2,1H3/b4-3+. The molecule has 110 valence electrons. The molecule has 3 heteroatoms. The van der Waals surface area contributed by atoms with Crippen molar-refractivity contribution in [3.63, 3.8) is 0 Å². The Bertz CT molecular complexity index is 253. The van der Waals surface area contributed by atoms with Crippen molar-refractivity contribution in [1.82, 2.24) is 4.90 Å². The van der Waals surface area contributed by atoms with E-state index in [1.54, 1.807) is 0 Å². The molecule has 19 heavy (non-hydrogen) atoms. The van der Waals surface area contributed by atoms with E-state index < -0.39 is 0 Å². The number of nitrogens with zero attached hydrogens (tertiary/aromatic N) is 1. The van der Waals surface area contributed by atoms with Crippen LogP contribution in [0.3, 0.4) is 0 Å². The largest absolute Gasteiger partial charge is 0.379 e. The summed E-state index contributed by atoms with van der Waals surface area (Å²) >= 11 is 0. The number of ether oxygens (including phenoxy) is 2. The van der Waals surface area contributed by atoms with Crippen molar-refractivity contribution in [2.75, 3.05) is 39.5 Å². The van der Waals surface area contributed by atoms with Crippen molar-refractivity contribution >= 4 is 0 Å². The van der Waals surface area contributed by atoms with Gasteiger partial charge in [0.15, 0.2) is 0 Å². The fourth-order valence-electron chi connectivity index (χ4n) is 2.95. The van der Waals surface area contributed by atoms with Crippen molar-refractivity contribution < 1.29 is 9.47 Å². The molecule has 1 aliphatic carbocycles. The summed E-state index contributed by atoms with van der Waals surface area (Å²) in [6, 6.07) is 0. The normalized spacial score (nSPS) is 29.9. The minimum absolute atomic E-state index is 0.507. The van der Waals surface area contributed by atoms with Gasteiger partial charge in [0.25, 0.3) is 0 Å². The molecule has 0 amide bonds. The van der Waals surface area contributed by atoms with Gasteiger partial charge in [0.1, 0.15) is 0 Å². The molecule has 2 aliphatic rings. The second-order valence-corrected chi connectivity index (χ2v) is 5.70. The first-order valence-corrected chi connectivity index (χ1v) is 7.97. The first-order chi connectivity index (χ1) is 9.38. The van der Waals surface area contributed by atoms with E-state index in [2.05, 4.69) is 24.0 Å². The molecule has 1 heterocycles. The van der Waals surface area contributed by atoms with Crippen LogP contribution in [0.2, 0.25) is 0 Å². The Kier molecular flexibility index (Phi) is 6.90. The lowest BCUT2D eigenvalue weighted by Gasteiger charge is -2.29. The maximum Gasteiger partial charge on any atom is 0.0597 e. The van der Waals surface area contributed by atoms with Gasteiger partial charge in [0, 0.05) is 19.6 Å². The first kappa shape index (κ1) is 15.0. The van der Waals surface area contributed by atoms with Gasteiger partial charge in [-0.2, -0.15) is 0 Å². The van der Waals surface area contributed by atoms with Gasteiger partial charge in [0.05, 0.1) is 25.9 Å². The van der Waals surface area contributed by atoms with E-state index in [0.717, 1.165) is 51.8 Å². The molecule has 0 aromatic rings. The van der Waals surface area contributed by atoms with Gasteiger partial charge in [-0.3, -0.25) is 4.90 Å². The van der Waals surface area contributed by atoms with Crippen LogP contribution in [0.4, 0.5) is 0 Å². The van der Waals surface area contributed by atoms with Crippen LogP contribution in [0, 0.1) is 5.92 Å². The average molecular weight is 267 g/mol. The third-order valence-corrected chi connectivity index (χ3v) is 4.23. The van der Waals surface area contributed by atoms with Gasteiger partial charge < -0.3 is 9.47 Å². The highest BCUT2D eigenvalue weighted by atomic mass is 16.5. The lowest BCUT2D eigenvalue weighted by atomic mass is 9.87. The summed E-state index contributed by atoms with van der Waals surface area (Å²) in [6.07, 6.45) is 11.5. The Morgan fingerprint density at radius 2 is 1.89 bits per heavy atom. The molecule has 0 aromatic heterocycles. The molecule has 1 saturated heterocycles. The molecule has 0 N–H and O–H groups in total. The highest BCUT2D eigenvalue weighted by Crippen LogP contribution is 2.27. The lowest BCUT2D eigenvalue weighted by Crippen LogP contribution is -2.39. The molecular weight excluding hydrogens is 238 g/mol. The summed E-state index contributed by atoms with van der Waals surface area (Å²) in [5.74, 6) is 0.805. The Morgan fingerprint density at radius 1 is 1.16 bits per heavy atom. The van der Waals surface area contributed by atoms with E-state index in [9.17, 15) is 0 Å². The van der Waals surface area contributed by atoms with E-state index >= 15 is 0 Å². The van der Waals surface area contributed by atoms with Crippen LogP contribution >= 0.6 is 0 Å². The number of allylic oxidation sites excluding steroid dienone is 2. The third-order valence-electron chi connectivity index (χ3n) is 4.23. The summed E-state index contributed by atoms with van der Waals surface area (Å²) < 4.78 is 11.4. The Balaban J connectivity index is 1.54. The van der Waals surface area contributed by atoms with Crippen LogP contribution in [-0.4, -0.2) is 50.5 Å². The van der Waals surface area contributed by atoms with E-state index in [4.69, 9.17) is 9.47 Å². The summed E-state index contributed by atoms with van der Waals surface area (Å²) in [5.41, 5.74) is 0. The number of hydrogen-bond acceptors (Lipinski definition) is 3. The molecule has 0 atom stereocenters. The number of morpholine rings is 1. The molecule has 1 aliphatic heterocycles. The predicted octanol–water partition coefficient (Wildman–Crippen LogP) is 2.86. The fourth-order valence-corrected chi connectivity index (χ4v) is 2.95. The van der Waals surface area contributed by atoms with Gasteiger partial charge >= 0.3 is 0 Å². The quantitative estimate of drug-likeness (QED) is 0.691. The number of rotatable bonds is 6. The monoisotopic (exact) mass is 267 g/mol. The second-order valence-electron chi connectivity index (χ2n) is 5.70. The average Bonchev–Trinajstić information content (AvgIpc) is 2.47. The van der Waals surface area contributed by atoms with Gasteiger partial charge in [-0.25, -0.2) is 0 Å². The Labute approximate surface area is 117 Å². The molecule has 0 radical (unpaired) electrons. The second kappa shape index (κ2) is 8.72. The van der Waals surface area contributed by atoms with Gasteiger partial charge in [-0.05, 0) is 38.0 Å². The minimum Gasteiger partial charge on any atom is -0.379 e. The number of hydrogen-bond donors (Lipinski definition) is 0. The topological polar surface area (TPSA) is 21.7 Å². The van der Waals surface area contributed by atoms with Crippen molar-refractivity contribution in [3.8, 4) is 0 Å². The van der Waals surface area contributed by atoms with Gasteiger partial charge in [-0.15, -0.1) is 0 Å². The third kappa shape index (κ3) is 5.64. The molecule has 0 spiro atoms. The molecule has 0 aromatic carbocycles. The van der Waals surface area contributed by atoms with Gasteiger partial charge in [0.2, 0.25) is 0 Å². The van der Waals surface area contributed by atoms with Crippen molar-refractivity contribution in [2.24, 2.45) is 5.92 Å². The lowest BCUT2D eigenvalue weighted by molar-refractivity contribution is -0.0112. The maximum absolute atomic E-state index is 6.03. The van der Waals surface area contributed by atoms with Crippen LogP contribution in [0.15, 0.2) is 12.2 Å². The van der Waals surface area contributed by atoms with Crippen LogP contribution in [-0.2, 0) is 9.47 Å². The molecule has 2 rings (SSSR count). The SMILES string of the molecule is CC/C=C/C1CCC(OCCN2CCOCC2)CC1. The van der Waals surface area contributed by atoms with E-state index in [0.29, 0.717) is 6.10 Å². The zero-order valence-corrected chi connectivity index (χ0v) is 12.4. The summed E-state index contributed by atoms with van der Waals surface area (Å²) in [5, 5.41) is 0. The Hall–Kier alpha value is -0.380. The summed E-state index contributed by atoms with van der Waals surface area (Å²) in [6.45, 7) is 8.07. The van der Waals surface area contributed by atoms with Crippen LogP contribution < -0.4 is 0 Å². The molecule has 0 unspecified atom stereocenters. The van der Waals surface area contributed by atoms with Crippen molar-refractivity contribution in [2.45, 2.75) is 45.1 Å². The summed E-state index contributed by atoms with van der Waals surface area (Å²) in [4.78, 5) is 2.44. The van der Waals surface area contributed by atoms with E-state index in [1.807, 2.05) is 0 Å². The zero-order chi connectivity index (χ0) is 13.3. The molecule has 0 bridgehead atoms. The highest BCUT2D eigenvalue weighted by molar-refractivity contribution is 4.90. The molecule has 3 nitrogen and oxygen atoms in total. The van der Waals surface area contributed by atoms with E-state index in [-0.39, 0.29) is 0 Å². The summed E-state index contributed by atoms with van der Waals surface area (Å²) in [7, 11) is 0. The molecule has 2 fully saturated rings. The minimum atomic E-state index is 0.507. The van der Waals surface area contributed by atoms with Crippen LogP contribution in [0.1, 0.15) is 39.0 Å². The predicted molar refractivity (Wildman–Crippen MR) is 78.4 cm³/mol. The highest BCUT2D eigenvalue weighted by Gasteiger charge is 2.20. The zero-order valence-electron chi connectivity index (χ0n) is 12.4. The van der Waals surface area contributed by atoms with Crippen LogP contribution in [0.5, 0.6) is 0 Å².